The Morgan fingerprint density at radius 1 is 0.789 bits per heavy atom. The Balaban J connectivity index is 1.83. The van der Waals surface area contributed by atoms with Gasteiger partial charge in [-0.25, -0.2) is 0 Å². The van der Waals surface area contributed by atoms with Gasteiger partial charge in [-0.3, -0.25) is 0 Å². The smallest absolute Gasteiger partial charge is 0.0375 e. The van der Waals surface area contributed by atoms with Crippen LogP contribution < -0.4 is 10.6 Å². The topological polar surface area (TPSA) is 24.1 Å². The number of anilines is 2. The summed E-state index contributed by atoms with van der Waals surface area (Å²) in [7, 11) is 0. The first-order chi connectivity index (χ1) is 9.27. The van der Waals surface area contributed by atoms with Gasteiger partial charge in [-0.15, -0.1) is 0 Å². The minimum absolute atomic E-state index is 0.547. The van der Waals surface area contributed by atoms with E-state index in [1.807, 2.05) is 18.2 Å². The SMILES string of the molecule is CC(C)c1ccccc1NCCNc1ccccc1. The molecule has 2 heteroatoms. The molecule has 0 spiro atoms. The summed E-state index contributed by atoms with van der Waals surface area (Å²) in [6.45, 7) is 6.28. The van der Waals surface area contributed by atoms with E-state index in [0.717, 1.165) is 13.1 Å². The van der Waals surface area contributed by atoms with E-state index >= 15 is 0 Å². The number of benzene rings is 2. The zero-order valence-electron chi connectivity index (χ0n) is 11.7. The Kier molecular flexibility index (Phi) is 4.85. The van der Waals surface area contributed by atoms with Gasteiger partial charge in [-0.2, -0.15) is 0 Å². The van der Waals surface area contributed by atoms with Gasteiger partial charge in [0.15, 0.2) is 0 Å². The fourth-order valence-corrected chi connectivity index (χ4v) is 2.12. The normalized spacial score (nSPS) is 10.5. The summed E-state index contributed by atoms with van der Waals surface area (Å²) in [6, 6.07) is 18.8. The maximum absolute atomic E-state index is 3.50. The molecule has 2 N–H and O–H groups in total. The zero-order valence-corrected chi connectivity index (χ0v) is 11.7. The molecule has 0 saturated carbocycles. The van der Waals surface area contributed by atoms with Gasteiger partial charge in [0.05, 0.1) is 0 Å². The number of hydrogen-bond acceptors (Lipinski definition) is 2. The average molecular weight is 254 g/mol. The van der Waals surface area contributed by atoms with Gasteiger partial charge in [0.1, 0.15) is 0 Å². The molecule has 0 aliphatic carbocycles. The lowest BCUT2D eigenvalue weighted by Crippen LogP contribution is -2.14. The molecular formula is C17H22N2. The van der Waals surface area contributed by atoms with Crippen molar-refractivity contribution in [3.05, 3.63) is 60.2 Å². The zero-order chi connectivity index (χ0) is 13.5. The Morgan fingerprint density at radius 3 is 2.16 bits per heavy atom. The lowest BCUT2D eigenvalue weighted by atomic mass is 10.0. The molecule has 0 aliphatic heterocycles. The number of rotatable bonds is 6. The summed E-state index contributed by atoms with van der Waals surface area (Å²) in [5, 5.41) is 6.90. The van der Waals surface area contributed by atoms with Crippen molar-refractivity contribution in [2.24, 2.45) is 0 Å². The maximum atomic E-state index is 3.50. The monoisotopic (exact) mass is 254 g/mol. The second-order valence-corrected chi connectivity index (χ2v) is 4.96. The lowest BCUT2D eigenvalue weighted by molar-refractivity contribution is 0.865. The summed E-state index contributed by atoms with van der Waals surface area (Å²) < 4.78 is 0. The molecule has 0 aromatic heterocycles. The van der Waals surface area contributed by atoms with Crippen LogP contribution in [0.15, 0.2) is 54.6 Å². The fraction of sp³-hybridized carbons (Fsp3) is 0.294. The van der Waals surface area contributed by atoms with Gasteiger partial charge in [0.2, 0.25) is 0 Å². The molecule has 0 bridgehead atoms. The molecule has 0 fully saturated rings. The van der Waals surface area contributed by atoms with Crippen molar-refractivity contribution in [2.75, 3.05) is 23.7 Å². The highest BCUT2D eigenvalue weighted by Crippen LogP contribution is 2.23. The molecule has 0 aliphatic rings. The molecule has 0 amide bonds. The Bertz CT molecular complexity index is 492. The molecule has 2 nitrogen and oxygen atoms in total. The molecule has 100 valence electrons. The Hall–Kier alpha value is -1.96. The predicted molar refractivity (Wildman–Crippen MR) is 84.0 cm³/mol. The molecule has 2 rings (SSSR count). The second kappa shape index (κ2) is 6.83. The van der Waals surface area contributed by atoms with Crippen molar-refractivity contribution in [1.82, 2.24) is 0 Å². The largest absolute Gasteiger partial charge is 0.383 e. The summed E-state index contributed by atoms with van der Waals surface area (Å²) in [5.74, 6) is 0.547. The summed E-state index contributed by atoms with van der Waals surface area (Å²) in [5.41, 5.74) is 3.79. The van der Waals surface area contributed by atoms with Gasteiger partial charge >= 0.3 is 0 Å². The molecule has 19 heavy (non-hydrogen) atoms. The van der Waals surface area contributed by atoms with Crippen LogP contribution in [0, 0.1) is 0 Å². The van der Waals surface area contributed by atoms with Crippen LogP contribution in [0.5, 0.6) is 0 Å². The predicted octanol–water partition coefficient (Wildman–Crippen LogP) is 4.33. The molecule has 0 saturated heterocycles. The first kappa shape index (κ1) is 13.5. The van der Waals surface area contributed by atoms with Crippen LogP contribution in [0.25, 0.3) is 0 Å². The molecule has 0 unspecified atom stereocenters. The van der Waals surface area contributed by atoms with Gasteiger partial charge in [-0.05, 0) is 29.7 Å². The molecule has 0 atom stereocenters. The Labute approximate surface area is 115 Å². The van der Waals surface area contributed by atoms with Crippen molar-refractivity contribution in [3.63, 3.8) is 0 Å². The number of nitrogens with one attached hydrogen (secondary N) is 2. The highest BCUT2D eigenvalue weighted by atomic mass is 14.9. The van der Waals surface area contributed by atoms with Crippen LogP contribution in [0.3, 0.4) is 0 Å². The molecule has 0 heterocycles. The van der Waals surface area contributed by atoms with E-state index in [1.54, 1.807) is 0 Å². The molecule has 0 radical (unpaired) electrons. The summed E-state index contributed by atoms with van der Waals surface area (Å²) in [6.07, 6.45) is 0. The third-order valence-electron chi connectivity index (χ3n) is 3.13. The highest BCUT2D eigenvalue weighted by molar-refractivity contribution is 5.52. The summed E-state index contributed by atoms with van der Waals surface area (Å²) in [4.78, 5) is 0. The maximum Gasteiger partial charge on any atom is 0.0375 e. The van der Waals surface area contributed by atoms with Crippen molar-refractivity contribution in [1.29, 1.82) is 0 Å². The Morgan fingerprint density at radius 2 is 1.42 bits per heavy atom. The second-order valence-electron chi connectivity index (χ2n) is 4.96. The third-order valence-corrected chi connectivity index (χ3v) is 3.13. The highest BCUT2D eigenvalue weighted by Gasteiger charge is 2.04. The van der Waals surface area contributed by atoms with Crippen LogP contribution in [-0.2, 0) is 0 Å². The van der Waals surface area contributed by atoms with Crippen molar-refractivity contribution in [3.8, 4) is 0 Å². The van der Waals surface area contributed by atoms with Gasteiger partial charge in [0, 0.05) is 24.5 Å². The van der Waals surface area contributed by atoms with Crippen molar-refractivity contribution >= 4 is 11.4 Å². The van der Waals surface area contributed by atoms with E-state index < -0.39 is 0 Å². The van der Waals surface area contributed by atoms with Crippen molar-refractivity contribution in [2.45, 2.75) is 19.8 Å². The average Bonchev–Trinajstić information content (AvgIpc) is 2.45. The van der Waals surface area contributed by atoms with Gasteiger partial charge in [-0.1, -0.05) is 50.2 Å². The lowest BCUT2D eigenvalue weighted by Gasteiger charge is -2.15. The van der Waals surface area contributed by atoms with Gasteiger partial charge < -0.3 is 10.6 Å². The first-order valence-corrected chi connectivity index (χ1v) is 6.89. The molecule has 2 aromatic carbocycles. The minimum Gasteiger partial charge on any atom is -0.383 e. The van der Waals surface area contributed by atoms with E-state index in [-0.39, 0.29) is 0 Å². The van der Waals surface area contributed by atoms with E-state index in [1.165, 1.54) is 16.9 Å². The van der Waals surface area contributed by atoms with Crippen LogP contribution >= 0.6 is 0 Å². The van der Waals surface area contributed by atoms with Crippen LogP contribution in [0.2, 0.25) is 0 Å². The van der Waals surface area contributed by atoms with E-state index in [9.17, 15) is 0 Å². The van der Waals surface area contributed by atoms with Gasteiger partial charge in [0.25, 0.3) is 0 Å². The number of para-hydroxylation sites is 2. The first-order valence-electron chi connectivity index (χ1n) is 6.89. The van der Waals surface area contributed by atoms with Crippen LogP contribution in [-0.4, -0.2) is 13.1 Å². The van der Waals surface area contributed by atoms with Crippen molar-refractivity contribution < 1.29 is 0 Å². The standard InChI is InChI=1S/C17H22N2/c1-14(2)16-10-6-7-11-17(16)19-13-12-18-15-8-4-3-5-9-15/h3-11,14,18-19H,12-13H2,1-2H3. The third kappa shape index (κ3) is 4.02. The van der Waals surface area contributed by atoms with E-state index in [4.69, 9.17) is 0 Å². The minimum atomic E-state index is 0.547. The van der Waals surface area contributed by atoms with Crippen LogP contribution in [0.1, 0.15) is 25.3 Å². The summed E-state index contributed by atoms with van der Waals surface area (Å²) >= 11 is 0. The fourth-order valence-electron chi connectivity index (χ4n) is 2.12. The van der Waals surface area contributed by atoms with Crippen LogP contribution in [0.4, 0.5) is 11.4 Å². The van der Waals surface area contributed by atoms with E-state index in [2.05, 4.69) is 60.9 Å². The molecular weight excluding hydrogens is 232 g/mol. The molecule has 2 aromatic rings. The quantitative estimate of drug-likeness (QED) is 0.750. The number of hydrogen-bond donors (Lipinski definition) is 2. The van der Waals surface area contributed by atoms with E-state index in [0.29, 0.717) is 5.92 Å².